The maximum atomic E-state index is 4.72. The Morgan fingerprint density at radius 3 is 3.29 bits per heavy atom. The van der Waals surface area contributed by atoms with E-state index in [9.17, 15) is 0 Å². The van der Waals surface area contributed by atoms with E-state index in [1.54, 1.807) is 6.26 Å². The van der Waals surface area contributed by atoms with Gasteiger partial charge in [0.05, 0.1) is 12.1 Å². The standard InChI is InChI=1S/C11H14N2O/c1(3-10-5-7-12-9-10)2-4-11-6-8-14-13-11/h6,8,10,12H,3-5,7,9H2. The summed E-state index contributed by atoms with van der Waals surface area (Å²) in [6.45, 7) is 2.27. The summed E-state index contributed by atoms with van der Waals surface area (Å²) in [4.78, 5) is 0. The van der Waals surface area contributed by atoms with Crippen molar-refractivity contribution in [3.63, 3.8) is 0 Å². The van der Waals surface area contributed by atoms with Crippen LogP contribution in [0.15, 0.2) is 16.9 Å². The van der Waals surface area contributed by atoms with Crippen molar-refractivity contribution in [3.05, 3.63) is 18.0 Å². The summed E-state index contributed by atoms with van der Waals surface area (Å²) in [5.41, 5.74) is 0.919. The Balaban J connectivity index is 1.72. The van der Waals surface area contributed by atoms with Crippen LogP contribution in [-0.2, 0) is 6.42 Å². The highest BCUT2D eigenvalue weighted by molar-refractivity contribution is 5.10. The molecule has 2 heterocycles. The molecule has 0 saturated carbocycles. The van der Waals surface area contributed by atoms with E-state index < -0.39 is 0 Å². The number of hydrogen-bond acceptors (Lipinski definition) is 3. The second-order valence-electron chi connectivity index (χ2n) is 3.58. The van der Waals surface area contributed by atoms with Gasteiger partial charge in [-0.25, -0.2) is 0 Å². The largest absolute Gasteiger partial charge is 0.364 e. The molecule has 0 aliphatic carbocycles. The van der Waals surface area contributed by atoms with Crippen molar-refractivity contribution < 1.29 is 4.52 Å². The predicted octanol–water partition coefficient (Wildman–Crippen LogP) is 1.22. The summed E-state index contributed by atoms with van der Waals surface area (Å²) in [7, 11) is 0. The van der Waals surface area contributed by atoms with E-state index in [-0.39, 0.29) is 0 Å². The molecule has 1 saturated heterocycles. The molecule has 1 aliphatic rings. The first kappa shape index (κ1) is 9.29. The molecule has 1 fully saturated rings. The molecule has 1 atom stereocenters. The van der Waals surface area contributed by atoms with Crippen LogP contribution >= 0.6 is 0 Å². The van der Waals surface area contributed by atoms with E-state index in [0.717, 1.165) is 31.1 Å². The van der Waals surface area contributed by atoms with Crippen molar-refractivity contribution >= 4 is 0 Å². The molecule has 1 aromatic rings. The van der Waals surface area contributed by atoms with E-state index in [4.69, 9.17) is 4.52 Å². The van der Waals surface area contributed by atoms with Crippen molar-refractivity contribution in [2.75, 3.05) is 13.1 Å². The Morgan fingerprint density at radius 2 is 2.57 bits per heavy atom. The van der Waals surface area contributed by atoms with Crippen LogP contribution in [-0.4, -0.2) is 18.2 Å². The van der Waals surface area contributed by atoms with Crippen LogP contribution in [0.2, 0.25) is 0 Å². The Hall–Kier alpha value is -1.27. The molecule has 0 aromatic carbocycles. The number of nitrogens with one attached hydrogen (secondary N) is 1. The first-order valence-electron chi connectivity index (χ1n) is 5.01. The van der Waals surface area contributed by atoms with Crippen molar-refractivity contribution in [1.82, 2.24) is 10.5 Å². The van der Waals surface area contributed by atoms with Gasteiger partial charge in [0, 0.05) is 12.5 Å². The normalized spacial score (nSPS) is 20.4. The molecule has 2 rings (SSSR count). The smallest absolute Gasteiger partial charge is 0.124 e. The molecular weight excluding hydrogens is 176 g/mol. The highest BCUT2D eigenvalue weighted by Gasteiger charge is 2.11. The topological polar surface area (TPSA) is 38.1 Å². The first-order chi connectivity index (χ1) is 6.95. The van der Waals surface area contributed by atoms with Crippen molar-refractivity contribution in [1.29, 1.82) is 0 Å². The minimum Gasteiger partial charge on any atom is -0.364 e. The number of rotatable bonds is 2. The molecular formula is C11H14N2O. The Morgan fingerprint density at radius 1 is 1.57 bits per heavy atom. The number of hydrogen-bond donors (Lipinski definition) is 1. The Bertz CT molecular complexity index is 315. The van der Waals surface area contributed by atoms with E-state index in [2.05, 4.69) is 22.3 Å². The summed E-state index contributed by atoms with van der Waals surface area (Å²) in [6.07, 6.45) is 4.55. The third-order valence-corrected chi connectivity index (χ3v) is 2.44. The van der Waals surface area contributed by atoms with E-state index >= 15 is 0 Å². The van der Waals surface area contributed by atoms with Gasteiger partial charge in [0.1, 0.15) is 6.26 Å². The zero-order chi connectivity index (χ0) is 9.64. The van der Waals surface area contributed by atoms with E-state index in [1.807, 2.05) is 6.07 Å². The summed E-state index contributed by atoms with van der Waals surface area (Å²) >= 11 is 0. The quantitative estimate of drug-likeness (QED) is 0.712. The van der Waals surface area contributed by atoms with Crippen molar-refractivity contribution in [2.45, 2.75) is 19.3 Å². The zero-order valence-electron chi connectivity index (χ0n) is 8.12. The van der Waals surface area contributed by atoms with Crippen molar-refractivity contribution in [2.24, 2.45) is 5.92 Å². The highest BCUT2D eigenvalue weighted by atomic mass is 16.5. The molecule has 3 heteroatoms. The summed E-state index contributed by atoms with van der Waals surface area (Å²) in [6, 6.07) is 1.85. The number of aromatic nitrogens is 1. The maximum absolute atomic E-state index is 4.72. The summed E-state index contributed by atoms with van der Waals surface area (Å²) in [5, 5.41) is 7.13. The second kappa shape index (κ2) is 4.83. The van der Waals surface area contributed by atoms with Crippen molar-refractivity contribution in [3.8, 4) is 11.8 Å². The lowest BCUT2D eigenvalue weighted by atomic mass is 10.1. The molecule has 1 N–H and O–H groups in total. The molecule has 0 spiro atoms. The van der Waals surface area contributed by atoms with Gasteiger partial charge >= 0.3 is 0 Å². The monoisotopic (exact) mass is 190 g/mol. The lowest BCUT2D eigenvalue weighted by Crippen LogP contribution is -2.08. The Kier molecular flexibility index (Phi) is 3.20. The average molecular weight is 190 g/mol. The van der Waals surface area contributed by atoms with Crippen LogP contribution in [0.5, 0.6) is 0 Å². The van der Waals surface area contributed by atoms with E-state index in [1.165, 1.54) is 6.42 Å². The molecule has 74 valence electrons. The van der Waals surface area contributed by atoms with Crippen LogP contribution in [0.25, 0.3) is 0 Å². The minimum atomic E-state index is 0.705. The second-order valence-corrected chi connectivity index (χ2v) is 3.58. The molecule has 0 bridgehead atoms. The van der Waals surface area contributed by atoms with Crippen LogP contribution in [0.1, 0.15) is 18.5 Å². The lowest BCUT2D eigenvalue weighted by molar-refractivity contribution is 0.413. The molecule has 3 nitrogen and oxygen atoms in total. The molecule has 14 heavy (non-hydrogen) atoms. The SMILES string of the molecule is C(#CCC1CCNC1)Cc1ccon1. The van der Waals surface area contributed by atoms with Gasteiger partial charge in [-0.2, -0.15) is 0 Å². The van der Waals surface area contributed by atoms with Gasteiger partial charge in [-0.1, -0.05) is 11.1 Å². The molecule has 1 aliphatic heterocycles. The lowest BCUT2D eigenvalue weighted by Gasteiger charge is -1.99. The molecule has 1 aromatic heterocycles. The molecule has 1 unspecified atom stereocenters. The molecule has 0 radical (unpaired) electrons. The number of nitrogens with zero attached hydrogens (tertiary/aromatic N) is 1. The van der Waals surface area contributed by atoms with Gasteiger partial charge in [-0.05, 0) is 25.4 Å². The van der Waals surface area contributed by atoms with E-state index in [0.29, 0.717) is 6.42 Å². The van der Waals surface area contributed by atoms with Gasteiger partial charge in [-0.15, -0.1) is 5.92 Å². The first-order valence-corrected chi connectivity index (χ1v) is 5.01. The fourth-order valence-electron chi connectivity index (χ4n) is 1.59. The third kappa shape index (κ3) is 2.61. The van der Waals surface area contributed by atoms with Crippen LogP contribution < -0.4 is 5.32 Å². The predicted molar refractivity (Wildman–Crippen MR) is 53.6 cm³/mol. The molecule has 0 amide bonds. The van der Waals surface area contributed by atoms with Crippen LogP contribution in [0.4, 0.5) is 0 Å². The third-order valence-electron chi connectivity index (χ3n) is 2.44. The average Bonchev–Trinajstić information content (AvgIpc) is 2.86. The zero-order valence-corrected chi connectivity index (χ0v) is 8.12. The van der Waals surface area contributed by atoms with Crippen LogP contribution in [0.3, 0.4) is 0 Å². The van der Waals surface area contributed by atoms with Gasteiger partial charge < -0.3 is 9.84 Å². The Labute approximate surface area is 83.9 Å². The van der Waals surface area contributed by atoms with Gasteiger partial charge in [0.2, 0.25) is 0 Å². The van der Waals surface area contributed by atoms with Crippen LogP contribution in [0, 0.1) is 17.8 Å². The maximum Gasteiger partial charge on any atom is 0.124 e. The fraction of sp³-hybridized carbons (Fsp3) is 0.545. The summed E-state index contributed by atoms with van der Waals surface area (Å²) < 4.78 is 4.72. The summed E-state index contributed by atoms with van der Waals surface area (Å²) in [5.74, 6) is 7.06. The highest BCUT2D eigenvalue weighted by Crippen LogP contribution is 2.10. The van der Waals surface area contributed by atoms with Gasteiger partial charge in [-0.3, -0.25) is 0 Å². The minimum absolute atomic E-state index is 0.705. The van der Waals surface area contributed by atoms with Gasteiger partial charge in [0.15, 0.2) is 0 Å². The fourth-order valence-corrected chi connectivity index (χ4v) is 1.59. The van der Waals surface area contributed by atoms with Gasteiger partial charge in [0.25, 0.3) is 0 Å².